The summed E-state index contributed by atoms with van der Waals surface area (Å²) < 4.78 is 1.60. The van der Waals surface area contributed by atoms with Crippen molar-refractivity contribution in [1.29, 1.82) is 0 Å². The molecule has 0 bridgehead atoms. The molecule has 0 unspecified atom stereocenters. The third kappa shape index (κ3) is 1.97. The number of H-pyrrole nitrogens is 1. The van der Waals surface area contributed by atoms with Gasteiger partial charge in [0.1, 0.15) is 0 Å². The first kappa shape index (κ1) is 12.1. The molecule has 0 spiro atoms. The number of hydrogen-bond donors (Lipinski definition) is 2. The van der Waals surface area contributed by atoms with Crippen molar-refractivity contribution in [3.8, 4) is 0 Å². The molecule has 0 atom stereocenters. The van der Waals surface area contributed by atoms with Gasteiger partial charge in [-0.05, 0) is 38.8 Å². The number of piperidine rings is 1. The number of fused-ring (bicyclic) bond motifs is 1. The average molecular weight is 272 g/mol. The van der Waals surface area contributed by atoms with Gasteiger partial charge in [-0.25, -0.2) is 9.50 Å². The molecule has 2 fully saturated rings. The minimum Gasteiger partial charge on any atom is -0.317 e. The third-order valence-electron chi connectivity index (χ3n) is 4.79. The minimum atomic E-state index is 0.0223. The first-order valence-corrected chi connectivity index (χ1v) is 7.64. The van der Waals surface area contributed by atoms with E-state index in [1.807, 2.05) is 0 Å². The molecule has 2 aromatic rings. The van der Waals surface area contributed by atoms with Crippen molar-refractivity contribution in [2.75, 3.05) is 13.1 Å². The lowest BCUT2D eigenvalue weighted by molar-refractivity contribution is 0.409. The summed E-state index contributed by atoms with van der Waals surface area (Å²) in [4.78, 5) is 17.0. The highest BCUT2D eigenvalue weighted by molar-refractivity contribution is 5.41. The minimum absolute atomic E-state index is 0.0223. The predicted octanol–water partition coefficient (Wildman–Crippen LogP) is 1.76. The van der Waals surface area contributed by atoms with E-state index in [-0.39, 0.29) is 5.56 Å². The smallest absolute Gasteiger partial charge is 0.272 e. The zero-order valence-electron chi connectivity index (χ0n) is 11.6. The number of hydrogen-bond acceptors (Lipinski definition) is 3. The Morgan fingerprint density at radius 1 is 1.10 bits per heavy atom. The summed E-state index contributed by atoms with van der Waals surface area (Å²) in [5, 5.41) is 6.58. The van der Waals surface area contributed by atoms with Crippen LogP contribution in [0.4, 0.5) is 0 Å². The molecule has 4 rings (SSSR count). The second-order valence-electron chi connectivity index (χ2n) is 6.08. The number of rotatable bonds is 2. The molecule has 1 aliphatic heterocycles. The van der Waals surface area contributed by atoms with Gasteiger partial charge in [-0.3, -0.25) is 9.89 Å². The highest BCUT2D eigenvalue weighted by Crippen LogP contribution is 2.35. The summed E-state index contributed by atoms with van der Waals surface area (Å²) in [5.74, 6) is 1.02. The highest BCUT2D eigenvalue weighted by atomic mass is 16.1. The second kappa shape index (κ2) is 4.74. The molecular weight excluding hydrogens is 252 g/mol. The SMILES string of the molecule is O=c1cc(C2CCNCC2)nc2cc(C3CCC3)[nH]n12. The molecule has 5 nitrogen and oxygen atoms in total. The number of aromatic amines is 1. The Labute approximate surface area is 117 Å². The topological polar surface area (TPSA) is 62.2 Å². The van der Waals surface area contributed by atoms with Gasteiger partial charge in [-0.2, -0.15) is 0 Å². The standard InChI is InChI=1S/C15H20N4O/c20-15-9-12(11-4-6-16-7-5-11)17-14-8-13(18-19(14)15)10-2-1-3-10/h8-11,16,18H,1-7H2. The van der Waals surface area contributed by atoms with E-state index in [0.29, 0.717) is 11.8 Å². The fraction of sp³-hybridized carbons (Fsp3) is 0.600. The lowest BCUT2D eigenvalue weighted by Crippen LogP contribution is -2.28. The molecule has 1 saturated heterocycles. The van der Waals surface area contributed by atoms with Crippen LogP contribution in [0, 0.1) is 0 Å². The molecule has 1 saturated carbocycles. The summed E-state index contributed by atoms with van der Waals surface area (Å²) in [7, 11) is 0. The maximum absolute atomic E-state index is 12.3. The van der Waals surface area contributed by atoms with Crippen molar-refractivity contribution in [3.05, 3.63) is 33.9 Å². The second-order valence-corrected chi connectivity index (χ2v) is 6.08. The van der Waals surface area contributed by atoms with Gasteiger partial charge >= 0.3 is 0 Å². The van der Waals surface area contributed by atoms with Crippen LogP contribution in [0.1, 0.15) is 55.3 Å². The van der Waals surface area contributed by atoms with Crippen molar-refractivity contribution in [2.45, 2.75) is 43.9 Å². The van der Waals surface area contributed by atoms with Gasteiger partial charge in [0.15, 0.2) is 5.65 Å². The molecule has 2 aromatic heterocycles. The molecule has 3 heterocycles. The van der Waals surface area contributed by atoms with Gasteiger partial charge in [0.25, 0.3) is 5.56 Å². The quantitative estimate of drug-likeness (QED) is 0.875. The Morgan fingerprint density at radius 2 is 1.90 bits per heavy atom. The van der Waals surface area contributed by atoms with E-state index in [1.54, 1.807) is 10.6 Å². The van der Waals surface area contributed by atoms with Crippen LogP contribution < -0.4 is 10.9 Å². The average Bonchev–Trinajstić information content (AvgIpc) is 2.81. The number of nitrogens with zero attached hydrogens (tertiary/aromatic N) is 2. The molecule has 2 aliphatic rings. The summed E-state index contributed by atoms with van der Waals surface area (Å²) in [6, 6.07) is 3.78. The van der Waals surface area contributed by atoms with Gasteiger partial charge in [0.05, 0.1) is 5.69 Å². The first-order chi connectivity index (χ1) is 9.81. The molecule has 0 amide bonds. The number of nitrogens with one attached hydrogen (secondary N) is 2. The fourth-order valence-electron chi connectivity index (χ4n) is 3.28. The Kier molecular flexibility index (Phi) is 2.88. The molecule has 0 aromatic carbocycles. The van der Waals surface area contributed by atoms with E-state index in [9.17, 15) is 4.79 Å². The van der Waals surface area contributed by atoms with E-state index in [4.69, 9.17) is 4.98 Å². The molecule has 5 heteroatoms. The highest BCUT2D eigenvalue weighted by Gasteiger charge is 2.23. The van der Waals surface area contributed by atoms with Gasteiger partial charge in [-0.15, -0.1) is 0 Å². The molecule has 20 heavy (non-hydrogen) atoms. The van der Waals surface area contributed by atoms with E-state index >= 15 is 0 Å². The van der Waals surface area contributed by atoms with Crippen molar-refractivity contribution in [3.63, 3.8) is 0 Å². The van der Waals surface area contributed by atoms with Crippen molar-refractivity contribution < 1.29 is 0 Å². The maximum atomic E-state index is 12.3. The van der Waals surface area contributed by atoms with Crippen LogP contribution in [0.2, 0.25) is 0 Å². The van der Waals surface area contributed by atoms with E-state index in [1.165, 1.54) is 25.0 Å². The van der Waals surface area contributed by atoms with Crippen LogP contribution in [0.25, 0.3) is 5.65 Å². The molecule has 0 radical (unpaired) electrons. The first-order valence-electron chi connectivity index (χ1n) is 7.64. The lowest BCUT2D eigenvalue weighted by atomic mass is 9.83. The monoisotopic (exact) mass is 272 g/mol. The Balaban J connectivity index is 1.74. The Hall–Kier alpha value is -1.62. The zero-order valence-corrected chi connectivity index (χ0v) is 11.6. The van der Waals surface area contributed by atoms with Crippen molar-refractivity contribution >= 4 is 5.65 Å². The summed E-state index contributed by atoms with van der Waals surface area (Å²) in [5.41, 5.74) is 2.95. The van der Waals surface area contributed by atoms with Gasteiger partial charge in [0.2, 0.25) is 0 Å². The molecule has 106 valence electrons. The van der Waals surface area contributed by atoms with Crippen molar-refractivity contribution in [2.24, 2.45) is 0 Å². The normalized spacial score (nSPS) is 21.2. The Bertz CT molecular complexity index is 677. The molecule has 2 N–H and O–H groups in total. The van der Waals surface area contributed by atoms with E-state index in [0.717, 1.165) is 37.3 Å². The van der Waals surface area contributed by atoms with Crippen LogP contribution in [-0.2, 0) is 0 Å². The molecule has 1 aliphatic carbocycles. The zero-order chi connectivity index (χ0) is 13.5. The largest absolute Gasteiger partial charge is 0.317 e. The Morgan fingerprint density at radius 3 is 2.60 bits per heavy atom. The summed E-state index contributed by atoms with van der Waals surface area (Å²) in [6.07, 6.45) is 5.89. The summed E-state index contributed by atoms with van der Waals surface area (Å²) in [6.45, 7) is 2.04. The van der Waals surface area contributed by atoms with Crippen LogP contribution in [0.5, 0.6) is 0 Å². The van der Waals surface area contributed by atoms with Gasteiger partial charge in [0, 0.05) is 29.7 Å². The van der Waals surface area contributed by atoms with E-state index < -0.39 is 0 Å². The fourth-order valence-corrected chi connectivity index (χ4v) is 3.28. The lowest BCUT2D eigenvalue weighted by Gasteiger charge is -2.23. The van der Waals surface area contributed by atoms with Gasteiger partial charge < -0.3 is 5.32 Å². The summed E-state index contributed by atoms with van der Waals surface area (Å²) >= 11 is 0. The van der Waals surface area contributed by atoms with Crippen LogP contribution in [0.3, 0.4) is 0 Å². The third-order valence-corrected chi connectivity index (χ3v) is 4.79. The predicted molar refractivity (Wildman–Crippen MR) is 77.2 cm³/mol. The van der Waals surface area contributed by atoms with Crippen LogP contribution in [-0.4, -0.2) is 27.7 Å². The van der Waals surface area contributed by atoms with E-state index in [2.05, 4.69) is 16.5 Å². The van der Waals surface area contributed by atoms with Gasteiger partial charge in [-0.1, -0.05) is 6.42 Å². The number of aromatic nitrogens is 3. The maximum Gasteiger partial charge on any atom is 0.272 e. The van der Waals surface area contributed by atoms with Crippen molar-refractivity contribution in [1.82, 2.24) is 19.9 Å². The van der Waals surface area contributed by atoms with Crippen LogP contribution >= 0.6 is 0 Å². The van der Waals surface area contributed by atoms with Crippen LogP contribution in [0.15, 0.2) is 16.9 Å². The molecular formula is C15H20N4O.